The van der Waals surface area contributed by atoms with Crippen molar-refractivity contribution in [3.05, 3.63) is 52.4 Å². The predicted molar refractivity (Wildman–Crippen MR) is 120 cm³/mol. The molecule has 1 heterocycles. The molecule has 6 heteroatoms. The molecule has 2 aliphatic rings. The van der Waals surface area contributed by atoms with Gasteiger partial charge in [0.2, 0.25) is 0 Å². The maximum atomic E-state index is 13.2. The lowest BCUT2D eigenvalue weighted by atomic mass is 9.47. The number of ether oxygens (including phenoxy) is 2. The normalized spacial score (nSPS) is 29.2. The lowest BCUT2D eigenvalue weighted by molar-refractivity contribution is -0.176. The van der Waals surface area contributed by atoms with Crippen LogP contribution in [0.1, 0.15) is 47.5 Å². The maximum absolute atomic E-state index is 13.2. The van der Waals surface area contributed by atoms with E-state index in [2.05, 4.69) is 6.92 Å². The van der Waals surface area contributed by atoms with Crippen LogP contribution in [-0.4, -0.2) is 24.5 Å². The molecular weight excluding hydrogens is 408 g/mol. The van der Waals surface area contributed by atoms with Crippen molar-refractivity contribution >= 4 is 22.7 Å². The molecule has 170 valence electrons. The number of fused-ring (bicyclic) bond motifs is 2. The lowest BCUT2D eigenvalue weighted by Gasteiger charge is -2.57. The zero-order valence-corrected chi connectivity index (χ0v) is 19.3. The standard InChI is InChI=1S/C26H30O6/c1-15-12-20(28)24-25(3,4)22(31-16(2)27)10-11-26(24,5)19(15)14-30-18-8-6-17-7-9-23(29)32-21(17)13-18/h6-9,12-13,19,22,24H,10-11,14H2,1-5H3/t19-,22+,24-,26+/m0/s1. The Hall–Kier alpha value is -2.89. The average molecular weight is 439 g/mol. The van der Waals surface area contributed by atoms with Crippen molar-refractivity contribution in [1.29, 1.82) is 0 Å². The van der Waals surface area contributed by atoms with Crippen LogP contribution in [0.25, 0.3) is 11.0 Å². The minimum absolute atomic E-state index is 0.0289. The summed E-state index contributed by atoms with van der Waals surface area (Å²) in [4.78, 5) is 36.4. The van der Waals surface area contributed by atoms with E-state index in [9.17, 15) is 14.4 Å². The Labute approximate surface area is 187 Å². The molecule has 0 spiro atoms. The second-order valence-corrected chi connectivity index (χ2v) is 10.0. The molecule has 4 atom stereocenters. The molecule has 0 bridgehead atoms. The van der Waals surface area contributed by atoms with E-state index in [1.807, 2.05) is 32.9 Å². The van der Waals surface area contributed by atoms with Crippen LogP contribution in [0.5, 0.6) is 5.75 Å². The number of hydrogen-bond acceptors (Lipinski definition) is 6. The average Bonchev–Trinajstić information content (AvgIpc) is 2.68. The van der Waals surface area contributed by atoms with Gasteiger partial charge in [0.1, 0.15) is 17.4 Å². The predicted octanol–water partition coefficient (Wildman–Crippen LogP) is 4.69. The minimum atomic E-state index is -0.489. The molecule has 0 aliphatic heterocycles. The van der Waals surface area contributed by atoms with Crippen molar-refractivity contribution < 1.29 is 23.5 Å². The number of hydrogen-bond donors (Lipinski definition) is 0. The van der Waals surface area contributed by atoms with E-state index in [4.69, 9.17) is 13.9 Å². The number of carbonyl (C=O) groups is 2. The van der Waals surface area contributed by atoms with Gasteiger partial charge in [-0.15, -0.1) is 0 Å². The summed E-state index contributed by atoms with van der Waals surface area (Å²) in [5.74, 6) is 0.144. The Kier molecular flexibility index (Phi) is 5.51. The van der Waals surface area contributed by atoms with Gasteiger partial charge in [0.25, 0.3) is 0 Å². The number of allylic oxidation sites excluding steroid dienone is 1. The highest BCUT2D eigenvalue weighted by Gasteiger charge is 2.59. The molecule has 6 nitrogen and oxygen atoms in total. The number of esters is 1. The van der Waals surface area contributed by atoms with Gasteiger partial charge in [-0.25, -0.2) is 4.79 Å². The Bertz CT molecular complexity index is 1160. The molecule has 1 saturated carbocycles. The van der Waals surface area contributed by atoms with Crippen LogP contribution in [0.2, 0.25) is 0 Å². The summed E-state index contributed by atoms with van der Waals surface area (Å²) in [6.07, 6.45) is 2.91. The van der Waals surface area contributed by atoms with E-state index in [1.54, 1.807) is 18.2 Å². The van der Waals surface area contributed by atoms with Crippen LogP contribution >= 0.6 is 0 Å². The Morgan fingerprint density at radius 2 is 1.88 bits per heavy atom. The van der Waals surface area contributed by atoms with Gasteiger partial charge in [0.05, 0.1) is 6.61 Å². The Morgan fingerprint density at radius 1 is 1.16 bits per heavy atom. The number of carbonyl (C=O) groups excluding carboxylic acids is 2. The summed E-state index contributed by atoms with van der Waals surface area (Å²) in [6, 6.07) is 8.56. The highest BCUT2D eigenvalue weighted by Crippen LogP contribution is 2.59. The molecule has 1 aromatic heterocycles. The first-order chi connectivity index (χ1) is 15.0. The molecule has 0 saturated heterocycles. The van der Waals surface area contributed by atoms with E-state index in [0.717, 1.165) is 17.4 Å². The maximum Gasteiger partial charge on any atom is 0.336 e. The zero-order valence-electron chi connectivity index (χ0n) is 19.3. The van der Waals surface area contributed by atoms with E-state index in [0.29, 0.717) is 24.4 Å². The van der Waals surface area contributed by atoms with Gasteiger partial charge in [-0.3, -0.25) is 9.59 Å². The summed E-state index contributed by atoms with van der Waals surface area (Å²) in [7, 11) is 0. The van der Waals surface area contributed by atoms with Crippen LogP contribution in [0, 0.1) is 22.7 Å². The third-order valence-electron chi connectivity index (χ3n) is 7.50. The molecule has 0 N–H and O–H groups in total. The van der Waals surface area contributed by atoms with Crippen molar-refractivity contribution in [2.45, 2.75) is 53.6 Å². The fourth-order valence-corrected chi connectivity index (χ4v) is 6.03. The summed E-state index contributed by atoms with van der Waals surface area (Å²) < 4.78 is 17.1. The molecule has 2 aliphatic carbocycles. The fourth-order valence-electron chi connectivity index (χ4n) is 6.03. The van der Waals surface area contributed by atoms with Crippen LogP contribution in [0.15, 0.2) is 51.2 Å². The number of ketones is 1. The first-order valence-electron chi connectivity index (χ1n) is 11.1. The molecule has 4 rings (SSSR count). The topological polar surface area (TPSA) is 82.8 Å². The van der Waals surface area contributed by atoms with Crippen LogP contribution in [-0.2, 0) is 14.3 Å². The molecule has 0 unspecified atom stereocenters. The van der Waals surface area contributed by atoms with E-state index in [1.165, 1.54) is 13.0 Å². The van der Waals surface area contributed by atoms with E-state index >= 15 is 0 Å². The molecule has 1 aromatic carbocycles. The van der Waals surface area contributed by atoms with Gasteiger partial charge in [-0.1, -0.05) is 26.3 Å². The SMILES string of the molecule is CC(=O)O[C@@H]1CC[C@]2(C)[C@@H](COc3ccc4ccc(=O)oc4c3)C(C)=CC(=O)[C@H]2C1(C)C. The van der Waals surface area contributed by atoms with Crippen molar-refractivity contribution in [3.8, 4) is 5.75 Å². The van der Waals surface area contributed by atoms with Crippen LogP contribution < -0.4 is 10.4 Å². The molecule has 0 amide bonds. The number of benzene rings is 1. The minimum Gasteiger partial charge on any atom is -0.493 e. The highest BCUT2D eigenvalue weighted by atomic mass is 16.5. The fraction of sp³-hybridized carbons (Fsp3) is 0.500. The van der Waals surface area contributed by atoms with E-state index in [-0.39, 0.29) is 35.1 Å². The molecule has 2 aromatic rings. The molecule has 1 fully saturated rings. The van der Waals surface area contributed by atoms with Crippen LogP contribution in [0.3, 0.4) is 0 Å². The van der Waals surface area contributed by atoms with Crippen LogP contribution in [0.4, 0.5) is 0 Å². The smallest absolute Gasteiger partial charge is 0.336 e. The van der Waals surface area contributed by atoms with Crippen molar-refractivity contribution in [2.24, 2.45) is 22.7 Å². The highest BCUT2D eigenvalue weighted by molar-refractivity contribution is 5.95. The van der Waals surface area contributed by atoms with Crippen molar-refractivity contribution in [3.63, 3.8) is 0 Å². The van der Waals surface area contributed by atoms with Gasteiger partial charge >= 0.3 is 11.6 Å². The molecular formula is C26H30O6. The Balaban J connectivity index is 1.62. The summed E-state index contributed by atoms with van der Waals surface area (Å²) in [5, 5.41) is 0.828. The van der Waals surface area contributed by atoms with Crippen molar-refractivity contribution in [1.82, 2.24) is 0 Å². The quantitative estimate of drug-likeness (QED) is 0.509. The summed E-state index contributed by atoms with van der Waals surface area (Å²) in [5.41, 5.74) is 0.272. The summed E-state index contributed by atoms with van der Waals surface area (Å²) >= 11 is 0. The van der Waals surface area contributed by atoms with Gasteiger partial charge in [-0.05, 0) is 49.5 Å². The van der Waals surface area contributed by atoms with Gasteiger partial charge < -0.3 is 13.9 Å². The first-order valence-corrected chi connectivity index (χ1v) is 11.1. The van der Waals surface area contributed by atoms with E-state index < -0.39 is 11.0 Å². The molecule has 0 radical (unpaired) electrons. The first kappa shape index (κ1) is 22.3. The second-order valence-electron chi connectivity index (χ2n) is 10.0. The zero-order chi connectivity index (χ0) is 23.3. The second kappa shape index (κ2) is 7.91. The van der Waals surface area contributed by atoms with Gasteiger partial charge in [-0.2, -0.15) is 0 Å². The third-order valence-corrected chi connectivity index (χ3v) is 7.50. The number of rotatable bonds is 4. The largest absolute Gasteiger partial charge is 0.493 e. The monoisotopic (exact) mass is 438 g/mol. The molecule has 32 heavy (non-hydrogen) atoms. The Morgan fingerprint density at radius 3 is 2.59 bits per heavy atom. The van der Waals surface area contributed by atoms with Gasteiger partial charge in [0, 0.05) is 41.7 Å². The summed E-state index contributed by atoms with van der Waals surface area (Å²) in [6.45, 7) is 10.0. The van der Waals surface area contributed by atoms with Crippen molar-refractivity contribution in [2.75, 3.05) is 6.61 Å². The lowest BCUT2D eigenvalue weighted by Crippen LogP contribution is -2.58. The van der Waals surface area contributed by atoms with Gasteiger partial charge in [0.15, 0.2) is 5.78 Å². The third kappa shape index (κ3) is 3.76.